The summed E-state index contributed by atoms with van der Waals surface area (Å²) in [6, 6.07) is 11.9. The van der Waals surface area contributed by atoms with Crippen molar-refractivity contribution >= 4 is 5.78 Å². The van der Waals surface area contributed by atoms with Gasteiger partial charge in [-0.3, -0.25) is 9.78 Å². The molecule has 2 rings (SSSR count). The van der Waals surface area contributed by atoms with E-state index >= 15 is 0 Å². The van der Waals surface area contributed by atoms with Crippen LogP contribution >= 0.6 is 0 Å². The van der Waals surface area contributed by atoms with E-state index in [-0.39, 0.29) is 5.78 Å². The van der Waals surface area contributed by atoms with Crippen molar-refractivity contribution in [3.05, 3.63) is 65.5 Å². The first-order valence-corrected chi connectivity index (χ1v) is 5.74. The van der Waals surface area contributed by atoms with E-state index in [1.807, 2.05) is 12.1 Å². The zero-order valence-corrected chi connectivity index (χ0v) is 9.89. The zero-order chi connectivity index (χ0) is 12.1. The molecule has 2 aromatic rings. The number of Topliss-reactive ketones (excluding diaryl/α,β-unsaturated/α-hetero) is 1. The Morgan fingerprint density at radius 3 is 2.82 bits per heavy atom. The van der Waals surface area contributed by atoms with Crippen molar-refractivity contribution in [3.8, 4) is 0 Å². The van der Waals surface area contributed by atoms with Gasteiger partial charge in [-0.15, -0.1) is 0 Å². The summed E-state index contributed by atoms with van der Waals surface area (Å²) in [4.78, 5) is 15.8. The second-order valence-electron chi connectivity index (χ2n) is 4.15. The molecule has 0 aliphatic rings. The number of aryl methyl sites for hydroxylation is 2. The molecular formula is C15H15NO. The summed E-state index contributed by atoms with van der Waals surface area (Å²) in [6.07, 6.45) is 4.63. The van der Waals surface area contributed by atoms with E-state index in [0.717, 1.165) is 6.42 Å². The fourth-order valence-electron chi connectivity index (χ4n) is 1.80. The van der Waals surface area contributed by atoms with Gasteiger partial charge in [0.25, 0.3) is 0 Å². The molecule has 0 spiro atoms. The van der Waals surface area contributed by atoms with Crippen molar-refractivity contribution in [2.24, 2.45) is 0 Å². The SMILES string of the molecule is Cc1cccc(CCC(=O)c2cccnc2)c1. The molecule has 86 valence electrons. The number of benzene rings is 1. The van der Waals surface area contributed by atoms with E-state index in [0.29, 0.717) is 12.0 Å². The van der Waals surface area contributed by atoms with Crippen molar-refractivity contribution in [2.75, 3.05) is 0 Å². The van der Waals surface area contributed by atoms with Crippen LogP contribution in [0.2, 0.25) is 0 Å². The normalized spacial score (nSPS) is 10.2. The van der Waals surface area contributed by atoms with Crippen LogP contribution in [0.4, 0.5) is 0 Å². The van der Waals surface area contributed by atoms with Gasteiger partial charge in [0.05, 0.1) is 0 Å². The minimum absolute atomic E-state index is 0.152. The number of carbonyl (C=O) groups is 1. The van der Waals surface area contributed by atoms with E-state index in [2.05, 4.69) is 30.1 Å². The minimum atomic E-state index is 0.152. The number of aromatic nitrogens is 1. The molecule has 0 atom stereocenters. The number of hydrogen-bond donors (Lipinski definition) is 0. The molecule has 0 fully saturated rings. The lowest BCUT2D eigenvalue weighted by Gasteiger charge is -2.02. The number of rotatable bonds is 4. The number of nitrogens with zero attached hydrogens (tertiary/aromatic N) is 1. The topological polar surface area (TPSA) is 30.0 Å². The Morgan fingerprint density at radius 1 is 1.24 bits per heavy atom. The van der Waals surface area contributed by atoms with Crippen molar-refractivity contribution in [1.82, 2.24) is 4.98 Å². The van der Waals surface area contributed by atoms with Gasteiger partial charge in [-0.05, 0) is 31.0 Å². The van der Waals surface area contributed by atoms with Crippen LogP contribution in [0, 0.1) is 6.92 Å². The quantitative estimate of drug-likeness (QED) is 0.748. The van der Waals surface area contributed by atoms with Crippen molar-refractivity contribution in [2.45, 2.75) is 19.8 Å². The Labute approximate surface area is 101 Å². The van der Waals surface area contributed by atoms with Crippen LogP contribution in [0.15, 0.2) is 48.8 Å². The molecule has 2 nitrogen and oxygen atoms in total. The summed E-state index contributed by atoms with van der Waals surface area (Å²) in [5, 5.41) is 0. The summed E-state index contributed by atoms with van der Waals surface area (Å²) in [6.45, 7) is 2.06. The van der Waals surface area contributed by atoms with Gasteiger partial charge in [-0.25, -0.2) is 0 Å². The molecule has 0 aliphatic heterocycles. The Hall–Kier alpha value is -1.96. The van der Waals surface area contributed by atoms with Crippen LogP contribution in [0.1, 0.15) is 27.9 Å². The van der Waals surface area contributed by atoms with Crippen LogP contribution in [-0.2, 0) is 6.42 Å². The van der Waals surface area contributed by atoms with Crippen LogP contribution in [0.3, 0.4) is 0 Å². The van der Waals surface area contributed by atoms with Crippen LogP contribution in [0.5, 0.6) is 0 Å². The van der Waals surface area contributed by atoms with Gasteiger partial charge in [-0.2, -0.15) is 0 Å². The van der Waals surface area contributed by atoms with Crippen LogP contribution < -0.4 is 0 Å². The number of hydrogen-bond acceptors (Lipinski definition) is 2. The average molecular weight is 225 g/mol. The minimum Gasteiger partial charge on any atom is -0.294 e. The van der Waals surface area contributed by atoms with E-state index in [1.165, 1.54) is 11.1 Å². The predicted molar refractivity (Wildman–Crippen MR) is 68.1 cm³/mol. The Morgan fingerprint density at radius 2 is 2.12 bits per heavy atom. The third kappa shape index (κ3) is 3.25. The lowest BCUT2D eigenvalue weighted by Crippen LogP contribution is -2.01. The third-order valence-corrected chi connectivity index (χ3v) is 2.71. The molecule has 17 heavy (non-hydrogen) atoms. The van der Waals surface area contributed by atoms with Crippen molar-refractivity contribution in [1.29, 1.82) is 0 Å². The summed E-state index contributed by atoms with van der Waals surface area (Å²) >= 11 is 0. The van der Waals surface area contributed by atoms with Gasteiger partial charge in [0, 0.05) is 24.4 Å². The molecule has 0 radical (unpaired) electrons. The molecule has 1 aromatic heterocycles. The van der Waals surface area contributed by atoms with Gasteiger partial charge < -0.3 is 0 Å². The summed E-state index contributed by atoms with van der Waals surface area (Å²) < 4.78 is 0. The molecule has 0 saturated carbocycles. The predicted octanol–water partition coefficient (Wildman–Crippen LogP) is 3.21. The molecule has 0 N–H and O–H groups in total. The van der Waals surface area contributed by atoms with Gasteiger partial charge >= 0.3 is 0 Å². The fourth-order valence-corrected chi connectivity index (χ4v) is 1.80. The van der Waals surface area contributed by atoms with E-state index in [9.17, 15) is 4.79 Å². The Kier molecular flexibility index (Phi) is 3.66. The Balaban J connectivity index is 1.97. The first kappa shape index (κ1) is 11.5. The maximum absolute atomic E-state index is 11.9. The van der Waals surface area contributed by atoms with Crippen LogP contribution in [0.25, 0.3) is 0 Å². The third-order valence-electron chi connectivity index (χ3n) is 2.71. The highest BCUT2D eigenvalue weighted by Gasteiger charge is 2.05. The van der Waals surface area contributed by atoms with Gasteiger partial charge in [0.15, 0.2) is 5.78 Å². The maximum atomic E-state index is 11.9. The van der Waals surface area contributed by atoms with E-state index in [4.69, 9.17) is 0 Å². The molecule has 0 saturated heterocycles. The van der Waals surface area contributed by atoms with E-state index < -0.39 is 0 Å². The molecule has 2 heteroatoms. The smallest absolute Gasteiger partial charge is 0.164 e. The summed E-state index contributed by atoms with van der Waals surface area (Å²) in [7, 11) is 0. The highest BCUT2D eigenvalue weighted by Crippen LogP contribution is 2.09. The van der Waals surface area contributed by atoms with Crippen molar-refractivity contribution < 1.29 is 4.79 Å². The zero-order valence-electron chi connectivity index (χ0n) is 9.89. The molecule has 0 amide bonds. The average Bonchev–Trinajstić information content (AvgIpc) is 2.37. The van der Waals surface area contributed by atoms with Gasteiger partial charge in [0.1, 0.15) is 0 Å². The monoisotopic (exact) mass is 225 g/mol. The largest absolute Gasteiger partial charge is 0.294 e. The Bertz CT molecular complexity index is 505. The van der Waals surface area contributed by atoms with Gasteiger partial charge in [-0.1, -0.05) is 29.8 Å². The highest BCUT2D eigenvalue weighted by atomic mass is 16.1. The van der Waals surface area contributed by atoms with E-state index in [1.54, 1.807) is 18.5 Å². The number of pyridine rings is 1. The molecule has 1 heterocycles. The highest BCUT2D eigenvalue weighted by molar-refractivity contribution is 5.95. The summed E-state index contributed by atoms with van der Waals surface area (Å²) in [5.41, 5.74) is 3.14. The first-order chi connectivity index (χ1) is 8.25. The molecule has 0 aliphatic carbocycles. The first-order valence-electron chi connectivity index (χ1n) is 5.74. The lowest BCUT2D eigenvalue weighted by atomic mass is 10.0. The van der Waals surface area contributed by atoms with Gasteiger partial charge in [0.2, 0.25) is 0 Å². The standard InChI is InChI=1S/C15H15NO/c1-12-4-2-5-13(10-12)7-8-15(17)14-6-3-9-16-11-14/h2-6,9-11H,7-8H2,1H3. The second-order valence-corrected chi connectivity index (χ2v) is 4.15. The van der Waals surface area contributed by atoms with Crippen LogP contribution in [-0.4, -0.2) is 10.8 Å². The number of carbonyl (C=O) groups excluding carboxylic acids is 1. The van der Waals surface area contributed by atoms with Crippen molar-refractivity contribution in [3.63, 3.8) is 0 Å². The molecule has 0 unspecified atom stereocenters. The maximum Gasteiger partial charge on any atom is 0.164 e. The second kappa shape index (κ2) is 5.39. The molecular weight excluding hydrogens is 210 g/mol. The molecule has 1 aromatic carbocycles. The fraction of sp³-hybridized carbons (Fsp3) is 0.200. The molecule has 0 bridgehead atoms. The lowest BCUT2D eigenvalue weighted by molar-refractivity contribution is 0.0982. The summed E-state index contributed by atoms with van der Waals surface area (Å²) in [5.74, 6) is 0.152. The number of ketones is 1.